The van der Waals surface area contributed by atoms with Crippen LogP contribution in [0.3, 0.4) is 0 Å². The molecule has 5 heteroatoms. The van der Waals surface area contributed by atoms with Gasteiger partial charge in [0.2, 0.25) is 0 Å². The molecular formula is C11H16ClN3O. The van der Waals surface area contributed by atoms with E-state index in [1.54, 1.807) is 6.20 Å². The number of anilines is 1. The first-order chi connectivity index (χ1) is 7.28. The Kier molecular flexibility index (Phi) is 2.31. The first kappa shape index (κ1) is 11.5. The van der Waals surface area contributed by atoms with Crippen molar-refractivity contribution in [2.75, 3.05) is 5.32 Å². The third-order valence-corrected chi connectivity index (χ3v) is 4.49. The molecule has 2 N–H and O–H groups in total. The Balaban J connectivity index is 2.25. The first-order valence-corrected chi connectivity index (χ1v) is 5.66. The lowest BCUT2D eigenvalue weighted by Gasteiger charge is -2.08. The van der Waals surface area contributed by atoms with Gasteiger partial charge in [-0.05, 0) is 10.8 Å². The molecule has 0 aromatic carbocycles. The van der Waals surface area contributed by atoms with E-state index < -0.39 is 0 Å². The van der Waals surface area contributed by atoms with Crippen molar-refractivity contribution in [1.29, 1.82) is 0 Å². The minimum Gasteiger partial charge on any atom is -0.379 e. The van der Waals surface area contributed by atoms with Crippen molar-refractivity contribution in [3.63, 3.8) is 0 Å². The molecule has 4 nitrogen and oxygen atoms in total. The van der Waals surface area contributed by atoms with Crippen molar-refractivity contribution in [1.82, 2.24) is 10.2 Å². The fraction of sp³-hybridized carbons (Fsp3) is 0.636. The Morgan fingerprint density at radius 2 is 1.94 bits per heavy atom. The van der Waals surface area contributed by atoms with E-state index in [1.165, 1.54) is 0 Å². The van der Waals surface area contributed by atoms with E-state index in [-0.39, 0.29) is 21.4 Å². The predicted molar refractivity (Wildman–Crippen MR) is 64.8 cm³/mol. The highest BCUT2D eigenvalue weighted by atomic mass is 35.5. The van der Waals surface area contributed by atoms with Crippen LogP contribution in [-0.4, -0.2) is 16.2 Å². The highest BCUT2D eigenvalue weighted by Gasteiger charge is 2.65. The molecule has 0 saturated heterocycles. The molecule has 1 aliphatic rings. The summed E-state index contributed by atoms with van der Waals surface area (Å²) >= 11 is 5.91. The van der Waals surface area contributed by atoms with Crippen molar-refractivity contribution in [2.24, 2.45) is 10.8 Å². The summed E-state index contributed by atoms with van der Waals surface area (Å²) in [6.45, 7) is 8.77. The number of aromatic amines is 1. The van der Waals surface area contributed by atoms with Gasteiger partial charge in [0, 0.05) is 6.04 Å². The third-order valence-electron chi connectivity index (χ3n) is 4.12. The summed E-state index contributed by atoms with van der Waals surface area (Å²) < 4.78 is 0. The summed E-state index contributed by atoms with van der Waals surface area (Å²) in [7, 11) is 0. The average molecular weight is 242 g/mol. The van der Waals surface area contributed by atoms with E-state index in [9.17, 15) is 4.79 Å². The number of H-pyrrole nitrogens is 1. The molecule has 0 atom stereocenters. The normalized spacial score (nSPS) is 21.8. The average Bonchev–Trinajstić information content (AvgIpc) is 2.55. The molecule has 0 unspecified atom stereocenters. The Labute approximate surface area is 99.4 Å². The van der Waals surface area contributed by atoms with Crippen LogP contribution in [-0.2, 0) is 0 Å². The maximum Gasteiger partial charge on any atom is 0.285 e. The minimum atomic E-state index is -0.358. The van der Waals surface area contributed by atoms with Gasteiger partial charge in [0.1, 0.15) is 5.02 Å². The van der Waals surface area contributed by atoms with E-state index in [0.29, 0.717) is 11.7 Å². The number of nitrogens with zero attached hydrogens (tertiary/aromatic N) is 1. The summed E-state index contributed by atoms with van der Waals surface area (Å²) in [6, 6.07) is 0.307. The van der Waals surface area contributed by atoms with Crippen LogP contribution in [0.1, 0.15) is 27.7 Å². The molecule has 0 bridgehead atoms. The Morgan fingerprint density at radius 1 is 1.38 bits per heavy atom. The molecule has 1 aromatic rings. The molecule has 1 aromatic heterocycles. The van der Waals surface area contributed by atoms with Crippen molar-refractivity contribution in [3.05, 3.63) is 21.6 Å². The fourth-order valence-corrected chi connectivity index (χ4v) is 2.34. The molecule has 1 fully saturated rings. The number of rotatable bonds is 2. The van der Waals surface area contributed by atoms with Crippen LogP contribution in [0.5, 0.6) is 0 Å². The SMILES string of the molecule is CC1(C)C(Nc2cn[nH]c(=O)c2Cl)C1(C)C. The molecule has 0 aliphatic heterocycles. The van der Waals surface area contributed by atoms with Crippen molar-refractivity contribution < 1.29 is 0 Å². The van der Waals surface area contributed by atoms with E-state index >= 15 is 0 Å². The zero-order chi connectivity index (χ0) is 12.1. The van der Waals surface area contributed by atoms with Crippen LogP contribution in [0.15, 0.2) is 11.0 Å². The molecule has 2 rings (SSSR count). The van der Waals surface area contributed by atoms with Gasteiger partial charge in [0.25, 0.3) is 5.56 Å². The standard InChI is InChI=1S/C11H16ClN3O/c1-10(2)9(11(10,3)4)14-6-5-13-15-8(16)7(6)12/h5,9H,1-4H3,(H2,14,15,16). The van der Waals surface area contributed by atoms with Gasteiger partial charge in [-0.25, -0.2) is 5.10 Å². The lowest BCUT2D eigenvalue weighted by atomic mass is 10.0. The van der Waals surface area contributed by atoms with E-state index in [2.05, 4.69) is 43.2 Å². The van der Waals surface area contributed by atoms with Crippen molar-refractivity contribution in [3.8, 4) is 0 Å². The molecular weight excluding hydrogens is 226 g/mol. The quantitative estimate of drug-likeness (QED) is 0.835. The Hall–Kier alpha value is -1.03. The number of halogens is 1. The second-order valence-corrected chi connectivity index (χ2v) is 5.83. The summed E-state index contributed by atoms with van der Waals surface area (Å²) in [5.74, 6) is 0. The molecule has 88 valence electrons. The molecule has 16 heavy (non-hydrogen) atoms. The Morgan fingerprint density at radius 3 is 2.44 bits per heavy atom. The highest BCUT2D eigenvalue weighted by molar-refractivity contribution is 6.32. The van der Waals surface area contributed by atoms with Gasteiger partial charge in [0.15, 0.2) is 0 Å². The van der Waals surface area contributed by atoms with Gasteiger partial charge in [0.05, 0.1) is 11.9 Å². The van der Waals surface area contributed by atoms with Gasteiger partial charge in [-0.2, -0.15) is 5.10 Å². The second kappa shape index (κ2) is 3.23. The van der Waals surface area contributed by atoms with Crippen molar-refractivity contribution in [2.45, 2.75) is 33.7 Å². The van der Waals surface area contributed by atoms with Crippen LogP contribution in [0.2, 0.25) is 5.02 Å². The number of aromatic nitrogens is 2. The Bertz CT molecular complexity index is 464. The molecule has 0 radical (unpaired) electrons. The van der Waals surface area contributed by atoms with E-state index in [4.69, 9.17) is 11.6 Å². The van der Waals surface area contributed by atoms with Gasteiger partial charge in [-0.1, -0.05) is 39.3 Å². The van der Waals surface area contributed by atoms with E-state index in [0.717, 1.165) is 0 Å². The summed E-state index contributed by atoms with van der Waals surface area (Å²) in [6.07, 6.45) is 1.55. The maximum absolute atomic E-state index is 11.3. The lowest BCUT2D eigenvalue weighted by Crippen LogP contribution is -2.16. The van der Waals surface area contributed by atoms with Gasteiger partial charge in [-0.3, -0.25) is 4.79 Å². The molecule has 1 heterocycles. The second-order valence-electron chi connectivity index (χ2n) is 5.45. The monoisotopic (exact) mass is 241 g/mol. The van der Waals surface area contributed by atoms with Crippen LogP contribution in [0.25, 0.3) is 0 Å². The zero-order valence-electron chi connectivity index (χ0n) is 9.89. The van der Waals surface area contributed by atoms with Crippen LogP contribution in [0, 0.1) is 10.8 Å². The first-order valence-electron chi connectivity index (χ1n) is 5.28. The third kappa shape index (κ3) is 1.44. The molecule has 1 aliphatic carbocycles. The molecule has 0 amide bonds. The lowest BCUT2D eigenvalue weighted by molar-refractivity contribution is 0.457. The summed E-state index contributed by atoms with van der Waals surface area (Å²) in [4.78, 5) is 11.3. The number of hydrogen-bond acceptors (Lipinski definition) is 3. The minimum absolute atomic E-state index is 0.175. The smallest absolute Gasteiger partial charge is 0.285 e. The highest BCUT2D eigenvalue weighted by Crippen LogP contribution is 2.63. The van der Waals surface area contributed by atoms with Crippen LogP contribution >= 0.6 is 11.6 Å². The van der Waals surface area contributed by atoms with E-state index in [1.807, 2.05) is 0 Å². The summed E-state index contributed by atoms with van der Waals surface area (Å²) in [5, 5.41) is 9.50. The number of nitrogens with one attached hydrogen (secondary N) is 2. The predicted octanol–water partition coefficient (Wildman–Crippen LogP) is 2.27. The summed E-state index contributed by atoms with van der Waals surface area (Å²) in [5.41, 5.74) is 0.634. The van der Waals surface area contributed by atoms with Crippen LogP contribution < -0.4 is 10.9 Å². The van der Waals surface area contributed by atoms with Crippen molar-refractivity contribution >= 4 is 17.3 Å². The molecule has 0 spiro atoms. The largest absolute Gasteiger partial charge is 0.379 e. The molecule has 1 saturated carbocycles. The van der Waals surface area contributed by atoms with Gasteiger partial charge >= 0.3 is 0 Å². The van der Waals surface area contributed by atoms with Gasteiger partial charge < -0.3 is 5.32 Å². The fourth-order valence-electron chi connectivity index (χ4n) is 2.20. The number of hydrogen-bond donors (Lipinski definition) is 2. The van der Waals surface area contributed by atoms with Crippen LogP contribution in [0.4, 0.5) is 5.69 Å². The van der Waals surface area contributed by atoms with Gasteiger partial charge in [-0.15, -0.1) is 0 Å². The zero-order valence-corrected chi connectivity index (χ0v) is 10.6. The maximum atomic E-state index is 11.3. The topological polar surface area (TPSA) is 57.8 Å².